The number of hydrogen-bond donors (Lipinski definition) is 1. The van der Waals surface area contributed by atoms with E-state index < -0.39 is 0 Å². The van der Waals surface area contributed by atoms with Crippen LogP contribution in [0.3, 0.4) is 0 Å². The highest BCUT2D eigenvalue weighted by atomic mass is 79.9. The number of anilines is 1. The number of fused-ring (bicyclic) bond motifs is 1. The lowest BCUT2D eigenvalue weighted by molar-refractivity contribution is 0.354. The SMILES string of the molecule is Cc1nc(N)sc1SCc1cc(Br)cc2c1OCC2. The van der Waals surface area contributed by atoms with Gasteiger partial charge in [0.2, 0.25) is 0 Å². The number of rotatable bonds is 3. The molecule has 0 saturated carbocycles. The third kappa shape index (κ3) is 2.75. The zero-order valence-corrected chi connectivity index (χ0v) is 13.6. The Morgan fingerprint density at radius 2 is 2.37 bits per heavy atom. The highest BCUT2D eigenvalue weighted by Gasteiger charge is 2.18. The van der Waals surface area contributed by atoms with E-state index in [0.29, 0.717) is 5.13 Å². The molecule has 1 aliphatic heterocycles. The Balaban J connectivity index is 1.82. The topological polar surface area (TPSA) is 48.1 Å². The standard InChI is InChI=1S/C13H13BrN2OS2/c1-7-12(19-13(15)16-7)18-6-9-5-10(14)4-8-2-3-17-11(8)9/h4-5H,2-3,6H2,1H3,(H2,15,16). The van der Waals surface area contributed by atoms with Gasteiger partial charge in [0.1, 0.15) is 5.75 Å². The highest BCUT2D eigenvalue weighted by molar-refractivity contribution is 9.10. The second kappa shape index (κ2) is 5.34. The minimum atomic E-state index is 0.635. The van der Waals surface area contributed by atoms with Crippen molar-refractivity contribution in [1.29, 1.82) is 0 Å². The molecule has 3 nitrogen and oxygen atoms in total. The Kier molecular flexibility index (Phi) is 3.73. The molecule has 2 aromatic rings. The zero-order valence-electron chi connectivity index (χ0n) is 10.4. The van der Waals surface area contributed by atoms with Crippen molar-refractivity contribution in [2.24, 2.45) is 0 Å². The van der Waals surface area contributed by atoms with E-state index in [4.69, 9.17) is 10.5 Å². The summed E-state index contributed by atoms with van der Waals surface area (Å²) in [6.45, 7) is 2.78. The Morgan fingerprint density at radius 3 is 3.11 bits per heavy atom. The number of aryl methyl sites for hydroxylation is 1. The highest BCUT2D eigenvalue weighted by Crippen LogP contribution is 2.38. The number of thioether (sulfide) groups is 1. The fraction of sp³-hybridized carbons (Fsp3) is 0.308. The molecule has 0 atom stereocenters. The molecule has 6 heteroatoms. The molecule has 0 fully saturated rings. The van der Waals surface area contributed by atoms with E-state index in [1.165, 1.54) is 15.3 Å². The minimum absolute atomic E-state index is 0.635. The first-order valence-corrected chi connectivity index (χ1v) is 8.53. The number of aromatic nitrogens is 1. The van der Waals surface area contributed by atoms with Crippen molar-refractivity contribution < 1.29 is 4.74 Å². The Hall–Kier alpha value is -0.720. The van der Waals surface area contributed by atoms with Gasteiger partial charge in [-0.3, -0.25) is 0 Å². The van der Waals surface area contributed by atoms with Gasteiger partial charge in [0.05, 0.1) is 16.5 Å². The van der Waals surface area contributed by atoms with E-state index in [0.717, 1.165) is 34.7 Å². The van der Waals surface area contributed by atoms with Crippen LogP contribution in [0.2, 0.25) is 0 Å². The maximum absolute atomic E-state index is 5.74. The van der Waals surface area contributed by atoms with Crippen molar-refractivity contribution in [1.82, 2.24) is 4.98 Å². The summed E-state index contributed by atoms with van der Waals surface area (Å²) in [6, 6.07) is 4.28. The van der Waals surface area contributed by atoms with Crippen LogP contribution in [0, 0.1) is 6.92 Å². The first-order valence-electron chi connectivity index (χ1n) is 5.93. The van der Waals surface area contributed by atoms with Gasteiger partial charge in [-0.05, 0) is 24.6 Å². The van der Waals surface area contributed by atoms with Crippen LogP contribution in [0.4, 0.5) is 5.13 Å². The summed E-state index contributed by atoms with van der Waals surface area (Å²) in [5.41, 5.74) is 9.27. The third-order valence-corrected chi connectivity index (χ3v) is 5.81. The van der Waals surface area contributed by atoms with Crippen LogP contribution in [0.1, 0.15) is 16.8 Å². The largest absolute Gasteiger partial charge is 0.493 e. The van der Waals surface area contributed by atoms with Crippen LogP contribution < -0.4 is 10.5 Å². The van der Waals surface area contributed by atoms with Crippen LogP contribution in [0.25, 0.3) is 0 Å². The number of nitrogens with two attached hydrogens (primary N) is 1. The lowest BCUT2D eigenvalue weighted by Crippen LogP contribution is -1.90. The molecule has 2 N–H and O–H groups in total. The average Bonchev–Trinajstić information content (AvgIpc) is 2.92. The summed E-state index contributed by atoms with van der Waals surface area (Å²) < 4.78 is 8.04. The minimum Gasteiger partial charge on any atom is -0.493 e. The average molecular weight is 357 g/mol. The van der Waals surface area contributed by atoms with Gasteiger partial charge in [0.25, 0.3) is 0 Å². The molecule has 0 bridgehead atoms. The molecule has 0 aliphatic carbocycles. The molecule has 1 aliphatic rings. The molecule has 0 unspecified atom stereocenters. The first kappa shape index (κ1) is 13.3. The molecular weight excluding hydrogens is 344 g/mol. The van der Waals surface area contributed by atoms with E-state index in [-0.39, 0.29) is 0 Å². The summed E-state index contributed by atoms with van der Waals surface area (Å²) in [6.07, 6.45) is 0.999. The molecular formula is C13H13BrN2OS2. The summed E-state index contributed by atoms with van der Waals surface area (Å²) in [7, 11) is 0. The number of halogens is 1. The van der Waals surface area contributed by atoms with E-state index >= 15 is 0 Å². The summed E-state index contributed by atoms with van der Waals surface area (Å²) in [5.74, 6) is 1.94. The van der Waals surface area contributed by atoms with Crippen molar-refractivity contribution >= 4 is 44.2 Å². The van der Waals surface area contributed by atoms with Crippen molar-refractivity contribution in [2.45, 2.75) is 23.3 Å². The molecule has 1 aromatic carbocycles. The van der Waals surface area contributed by atoms with Crippen molar-refractivity contribution in [2.75, 3.05) is 12.3 Å². The summed E-state index contributed by atoms with van der Waals surface area (Å²) in [5, 5.41) is 0.635. The van der Waals surface area contributed by atoms with E-state index in [9.17, 15) is 0 Å². The van der Waals surface area contributed by atoms with Gasteiger partial charge < -0.3 is 10.5 Å². The zero-order chi connectivity index (χ0) is 13.4. The van der Waals surface area contributed by atoms with E-state index in [1.54, 1.807) is 23.1 Å². The molecule has 19 heavy (non-hydrogen) atoms. The number of nitrogen functional groups attached to an aromatic ring is 1. The van der Waals surface area contributed by atoms with Crippen molar-refractivity contribution in [3.63, 3.8) is 0 Å². The van der Waals surface area contributed by atoms with Gasteiger partial charge in [-0.15, -0.1) is 11.8 Å². The number of hydrogen-bond acceptors (Lipinski definition) is 5. The maximum atomic E-state index is 5.74. The molecule has 100 valence electrons. The Labute approximate surface area is 128 Å². The van der Waals surface area contributed by atoms with E-state index in [2.05, 4.69) is 33.0 Å². The lowest BCUT2D eigenvalue weighted by Gasteiger charge is -2.08. The molecule has 2 heterocycles. The fourth-order valence-corrected chi connectivity index (χ4v) is 4.68. The predicted octanol–water partition coefficient (Wildman–Crippen LogP) is 4.02. The quantitative estimate of drug-likeness (QED) is 0.843. The van der Waals surface area contributed by atoms with Gasteiger partial charge in [-0.1, -0.05) is 27.3 Å². The van der Waals surface area contributed by atoms with Crippen LogP contribution in [-0.2, 0) is 12.2 Å². The molecule has 1 aromatic heterocycles. The molecule has 0 saturated heterocycles. The Morgan fingerprint density at radius 1 is 1.53 bits per heavy atom. The van der Waals surface area contributed by atoms with Gasteiger partial charge >= 0.3 is 0 Å². The number of nitrogens with zero attached hydrogens (tertiary/aromatic N) is 1. The number of thiazole rings is 1. The number of ether oxygens (including phenoxy) is 1. The van der Waals surface area contributed by atoms with Gasteiger partial charge in [0, 0.05) is 22.2 Å². The maximum Gasteiger partial charge on any atom is 0.181 e. The third-order valence-electron chi connectivity index (χ3n) is 2.95. The second-order valence-corrected chi connectivity index (χ2v) is 7.56. The van der Waals surface area contributed by atoms with Crippen LogP contribution in [-0.4, -0.2) is 11.6 Å². The van der Waals surface area contributed by atoms with Gasteiger partial charge in [-0.2, -0.15) is 0 Å². The van der Waals surface area contributed by atoms with Crippen molar-refractivity contribution in [3.05, 3.63) is 33.4 Å². The smallest absolute Gasteiger partial charge is 0.181 e. The van der Waals surface area contributed by atoms with Crippen molar-refractivity contribution in [3.8, 4) is 5.75 Å². The second-order valence-electron chi connectivity index (χ2n) is 4.37. The summed E-state index contributed by atoms with van der Waals surface area (Å²) in [4.78, 5) is 4.25. The normalized spacial score (nSPS) is 13.4. The Bertz CT molecular complexity index is 627. The van der Waals surface area contributed by atoms with E-state index in [1.807, 2.05) is 6.92 Å². The first-order chi connectivity index (χ1) is 9.13. The molecule has 3 rings (SSSR count). The summed E-state index contributed by atoms with van der Waals surface area (Å²) >= 11 is 6.89. The predicted molar refractivity (Wildman–Crippen MR) is 84.2 cm³/mol. The van der Waals surface area contributed by atoms with Crippen LogP contribution >= 0.6 is 39.0 Å². The lowest BCUT2D eigenvalue weighted by atomic mass is 10.1. The fourth-order valence-electron chi connectivity index (χ4n) is 2.13. The van der Waals surface area contributed by atoms with Gasteiger partial charge in [-0.25, -0.2) is 4.98 Å². The van der Waals surface area contributed by atoms with Crippen LogP contribution in [0.15, 0.2) is 20.8 Å². The monoisotopic (exact) mass is 356 g/mol. The molecule has 0 spiro atoms. The molecule has 0 amide bonds. The van der Waals surface area contributed by atoms with Gasteiger partial charge in [0.15, 0.2) is 5.13 Å². The number of benzene rings is 1. The van der Waals surface area contributed by atoms with Crippen LogP contribution in [0.5, 0.6) is 5.75 Å². The molecule has 0 radical (unpaired) electrons.